The average molecular weight is 242 g/mol. The van der Waals surface area contributed by atoms with Crippen LogP contribution >= 0.6 is 0 Å². The number of nitriles is 1. The molecule has 2 saturated carbocycles. The van der Waals surface area contributed by atoms with Crippen LogP contribution in [0, 0.1) is 11.3 Å². The van der Waals surface area contributed by atoms with Crippen LogP contribution in [0.1, 0.15) is 32.1 Å². The second-order valence-electron chi connectivity index (χ2n) is 5.41. The lowest BCUT2D eigenvalue weighted by Gasteiger charge is -2.22. The molecule has 0 aromatic heterocycles. The van der Waals surface area contributed by atoms with E-state index in [0.29, 0.717) is 6.04 Å². The molecule has 18 heavy (non-hydrogen) atoms. The molecular weight excluding hydrogens is 224 g/mol. The first kappa shape index (κ1) is 11.6. The third-order valence-electron chi connectivity index (χ3n) is 3.79. The molecule has 3 heteroatoms. The molecule has 3 rings (SSSR count). The smallest absolute Gasteiger partial charge is 0.119 e. The lowest BCUT2D eigenvalue weighted by molar-refractivity contribution is 0.200. The first-order chi connectivity index (χ1) is 8.80. The Morgan fingerprint density at radius 3 is 2.67 bits per heavy atom. The third kappa shape index (κ3) is 2.49. The Kier molecular flexibility index (Phi) is 2.97. The SMILES string of the molecule is N#CC1(NC2CC2)CCC(Oc2ccccc2)C1. The normalized spacial score (nSPS) is 30.9. The number of ether oxygens (including phenoxy) is 1. The molecule has 2 unspecified atom stereocenters. The van der Waals surface area contributed by atoms with Crippen LogP contribution in [0.3, 0.4) is 0 Å². The highest BCUT2D eigenvalue weighted by atomic mass is 16.5. The zero-order valence-corrected chi connectivity index (χ0v) is 10.4. The van der Waals surface area contributed by atoms with Gasteiger partial charge in [0.1, 0.15) is 17.4 Å². The summed E-state index contributed by atoms with van der Waals surface area (Å²) in [4.78, 5) is 0. The molecule has 1 aromatic carbocycles. The molecule has 2 aliphatic carbocycles. The van der Waals surface area contributed by atoms with E-state index in [1.807, 2.05) is 30.3 Å². The summed E-state index contributed by atoms with van der Waals surface area (Å²) in [5.74, 6) is 0.905. The Balaban J connectivity index is 1.62. The fourth-order valence-corrected chi connectivity index (χ4v) is 2.68. The number of benzene rings is 1. The van der Waals surface area contributed by atoms with Crippen molar-refractivity contribution in [1.29, 1.82) is 5.26 Å². The van der Waals surface area contributed by atoms with Gasteiger partial charge in [0, 0.05) is 12.5 Å². The molecule has 2 atom stereocenters. The Labute approximate surface area is 108 Å². The number of nitrogens with zero attached hydrogens (tertiary/aromatic N) is 1. The average Bonchev–Trinajstić information content (AvgIpc) is 3.12. The van der Waals surface area contributed by atoms with Crippen molar-refractivity contribution in [2.45, 2.75) is 49.8 Å². The highest BCUT2D eigenvalue weighted by Crippen LogP contribution is 2.35. The summed E-state index contributed by atoms with van der Waals surface area (Å²) in [6.45, 7) is 0. The molecule has 1 aromatic rings. The van der Waals surface area contributed by atoms with Crippen molar-refractivity contribution in [3.63, 3.8) is 0 Å². The van der Waals surface area contributed by atoms with Crippen LogP contribution in [-0.2, 0) is 0 Å². The Morgan fingerprint density at radius 1 is 1.22 bits per heavy atom. The summed E-state index contributed by atoms with van der Waals surface area (Å²) in [7, 11) is 0. The molecule has 3 nitrogen and oxygen atoms in total. The maximum Gasteiger partial charge on any atom is 0.119 e. The van der Waals surface area contributed by atoms with Gasteiger partial charge in [-0.05, 0) is 37.8 Å². The maximum atomic E-state index is 9.41. The third-order valence-corrected chi connectivity index (χ3v) is 3.79. The first-order valence-electron chi connectivity index (χ1n) is 6.70. The van der Waals surface area contributed by atoms with Crippen LogP contribution < -0.4 is 10.1 Å². The molecule has 0 aliphatic heterocycles. The van der Waals surface area contributed by atoms with E-state index in [-0.39, 0.29) is 11.6 Å². The van der Waals surface area contributed by atoms with Gasteiger partial charge in [0.15, 0.2) is 0 Å². The molecule has 2 fully saturated rings. The molecule has 2 aliphatic rings. The number of hydrogen-bond acceptors (Lipinski definition) is 3. The lowest BCUT2D eigenvalue weighted by atomic mass is 9.99. The fraction of sp³-hybridized carbons (Fsp3) is 0.533. The monoisotopic (exact) mass is 242 g/mol. The van der Waals surface area contributed by atoms with E-state index in [1.165, 1.54) is 12.8 Å². The van der Waals surface area contributed by atoms with E-state index >= 15 is 0 Å². The van der Waals surface area contributed by atoms with Gasteiger partial charge in [-0.1, -0.05) is 18.2 Å². The minimum absolute atomic E-state index is 0.165. The van der Waals surface area contributed by atoms with Gasteiger partial charge in [0.25, 0.3) is 0 Å². The van der Waals surface area contributed by atoms with Crippen LogP contribution in [0.2, 0.25) is 0 Å². The first-order valence-corrected chi connectivity index (χ1v) is 6.70. The van der Waals surface area contributed by atoms with E-state index < -0.39 is 0 Å². The van der Waals surface area contributed by atoms with Crippen molar-refractivity contribution in [2.24, 2.45) is 0 Å². The highest BCUT2D eigenvalue weighted by molar-refractivity contribution is 5.22. The van der Waals surface area contributed by atoms with E-state index in [2.05, 4.69) is 11.4 Å². The van der Waals surface area contributed by atoms with Crippen LogP contribution in [0.5, 0.6) is 5.75 Å². The molecule has 0 heterocycles. The van der Waals surface area contributed by atoms with Crippen molar-refractivity contribution in [3.8, 4) is 11.8 Å². The van der Waals surface area contributed by atoms with Crippen molar-refractivity contribution in [1.82, 2.24) is 5.32 Å². The largest absolute Gasteiger partial charge is 0.490 e. The Morgan fingerprint density at radius 2 is 2.00 bits per heavy atom. The minimum Gasteiger partial charge on any atom is -0.490 e. The summed E-state index contributed by atoms with van der Waals surface area (Å²) in [6, 6.07) is 12.9. The zero-order valence-electron chi connectivity index (χ0n) is 10.4. The molecule has 94 valence electrons. The van der Waals surface area contributed by atoms with Gasteiger partial charge in [-0.25, -0.2) is 0 Å². The number of para-hydroxylation sites is 1. The van der Waals surface area contributed by atoms with Gasteiger partial charge >= 0.3 is 0 Å². The molecule has 1 N–H and O–H groups in total. The maximum absolute atomic E-state index is 9.41. The molecule has 0 radical (unpaired) electrons. The highest BCUT2D eigenvalue weighted by Gasteiger charge is 2.43. The van der Waals surface area contributed by atoms with Gasteiger partial charge in [0.05, 0.1) is 6.07 Å². The second kappa shape index (κ2) is 4.62. The van der Waals surface area contributed by atoms with Crippen molar-refractivity contribution in [2.75, 3.05) is 0 Å². The minimum atomic E-state index is -0.347. The van der Waals surface area contributed by atoms with E-state index in [0.717, 1.165) is 25.0 Å². The van der Waals surface area contributed by atoms with Gasteiger partial charge in [-0.3, -0.25) is 5.32 Å². The Bertz CT molecular complexity index is 449. The van der Waals surface area contributed by atoms with E-state index in [9.17, 15) is 5.26 Å². The molecular formula is C15H18N2O. The van der Waals surface area contributed by atoms with E-state index in [4.69, 9.17) is 4.74 Å². The van der Waals surface area contributed by atoms with Gasteiger partial charge in [0.2, 0.25) is 0 Å². The van der Waals surface area contributed by atoms with E-state index in [1.54, 1.807) is 0 Å². The fourth-order valence-electron chi connectivity index (χ4n) is 2.68. The zero-order chi connectivity index (χ0) is 12.4. The van der Waals surface area contributed by atoms with Gasteiger partial charge < -0.3 is 4.74 Å². The topological polar surface area (TPSA) is 45.0 Å². The van der Waals surface area contributed by atoms with Crippen molar-refractivity contribution < 1.29 is 4.74 Å². The van der Waals surface area contributed by atoms with Crippen LogP contribution in [0.15, 0.2) is 30.3 Å². The Hall–Kier alpha value is -1.53. The molecule has 0 spiro atoms. The molecule has 0 amide bonds. The van der Waals surface area contributed by atoms with Crippen LogP contribution in [0.25, 0.3) is 0 Å². The summed E-state index contributed by atoms with van der Waals surface area (Å²) in [5.41, 5.74) is -0.347. The van der Waals surface area contributed by atoms with Gasteiger partial charge in [-0.15, -0.1) is 0 Å². The van der Waals surface area contributed by atoms with Crippen LogP contribution in [0.4, 0.5) is 0 Å². The van der Waals surface area contributed by atoms with Crippen LogP contribution in [-0.4, -0.2) is 17.7 Å². The number of nitrogens with one attached hydrogen (secondary N) is 1. The van der Waals surface area contributed by atoms with Crippen molar-refractivity contribution in [3.05, 3.63) is 30.3 Å². The van der Waals surface area contributed by atoms with Gasteiger partial charge in [-0.2, -0.15) is 5.26 Å². The number of rotatable bonds is 4. The standard InChI is InChI=1S/C15H18N2O/c16-11-15(17-12-6-7-12)9-8-14(10-15)18-13-4-2-1-3-5-13/h1-5,12,14,17H,6-10H2. The number of hydrogen-bond donors (Lipinski definition) is 1. The predicted octanol–water partition coefficient (Wildman–Crippen LogP) is 2.63. The quantitative estimate of drug-likeness (QED) is 0.882. The molecule has 0 bridgehead atoms. The summed E-state index contributed by atoms with van der Waals surface area (Å²) in [5, 5.41) is 12.9. The summed E-state index contributed by atoms with van der Waals surface area (Å²) in [6.07, 6.45) is 5.26. The summed E-state index contributed by atoms with van der Waals surface area (Å²) < 4.78 is 5.94. The predicted molar refractivity (Wildman–Crippen MR) is 69.2 cm³/mol. The van der Waals surface area contributed by atoms with Crippen molar-refractivity contribution >= 4 is 0 Å². The molecule has 0 saturated heterocycles. The summed E-state index contributed by atoms with van der Waals surface area (Å²) >= 11 is 0. The second-order valence-corrected chi connectivity index (χ2v) is 5.41. The lowest BCUT2D eigenvalue weighted by Crippen LogP contribution is -2.43.